The second-order valence-corrected chi connectivity index (χ2v) is 8.71. The van der Waals surface area contributed by atoms with Crippen molar-refractivity contribution in [3.05, 3.63) is 60.2 Å². The minimum absolute atomic E-state index is 0.00504. The quantitative estimate of drug-likeness (QED) is 0.633. The maximum absolute atomic E-state index is 13.6. The Kier molecular flexibility index (Phi) is 5.96. The zero-order valence-corrected chi connectivity index (χ0v) is 18.8. The van der Waals surface area contributed by atoms with E-state index >= 15 is 0 Å². The smallest absolute Gasteiger partial charge is 0.254 e. The van der Waals surface area contributed by atoms with Gasteiger partial charge >= 0.3 is 0 Å². The lowest BCUT2D eigenvalue weighted by Crippen LogP contribution is -2.51. The van der Waals surface area contributed by atoms with Crippen LogP contribution >= 0.6 is 0 Å². The molecule has 0 spiro atoms. The highest BCUT2D eigenvalue weighted by Gasteiger charge is 2.27. The summed E-state index contributed by atoms with van der Waals surface area (Å²) in [6.45, 7) is 2.99. The number of rotatable bonds is 6. The lowest BCUT2D eigenvalue weighted by atomic mass is 10.0. The number of benzene rings is 2. The zero-order chi connectivity index (χ0) is 22.8. The molecular weight excluding hydrogens is 416 g/mol. The summed E-state index contributed by atoms with van der Waals surface area (Å²) in [4.78, 5) is 34.5. The van der Waals surface area contributed by atoms with Gasteiger partial charge in [0.05, 0.1) is 30.4 Å². The number of carbonyl (C=O) groups excluding carboxylic acids is 2. The molecule has 2 amide bonds. The third kappa shape index (κ3) is 4.83. The SMILES string of the molecule is COc1ccc(-c2cc(C(=O)N3CCN(CC(=O)NC4CC4)CC3)c3ccccc3n2)cc1. The van der Waals surface area contributed by atoms with Crippen LogP contribution < -0.4 is 10.1 Å². The fourth-order valence-electron chi connectivity index (χ4n) is 4.25. The summed E-state index contributed by atoms with van der Waals surface area (Å²) in [5.41, 5.74) is 3.15. The maximum Gasteiger partial charge on any atom is 0.254 e. The third-order valence-electron chi connectivity index (χ3n) is 6.30. The Morgan fingerprint density at radius 3 is 2.45 bits per heavy atom. The summed E-state index contributed by atoms with van der Waals surface area (Å²) < 4.78 is 5.26. The van der Waals surface area contributed by atoms with Crippen LogP contribution in [0.15, 0.2) is 54.6 Å². The Morgan fingerprint density at radius 1 is 1.03 bits per heavy atom. The number of nitrogens with one attached hydrogen (secondary N) is 1. The molecule has 1 N–H and O–H groups in total. The van der Waals surface area contributed by atoms with Gasteiger partial charge in [-0.05, 0) is 49.2 Å². The Morgan fingerprint density at radius 2 is 1.76 bits per heavy atom. The molecule has 1 aromatic heterocycles. The number of amides is 2. The number of carbonyl (C=O) groups is 2. The molecule has 3 aromatic rings. The first-order chi connectivity index (χ1) is 16.1. The molecule has 0 unspecified atom stereocenters. The van der Waals surface area contributed by atoms with Crippen LogP contribution in [-0.4, -0.2) is 72.5 Å². The predicted molar refractivity (Wildman–Crippen MR) is 127 cm³/mol. The van der Waals surface area contributed by atoms with Crippen molar-refractivity contribution in [1.82, 2.24) is 20.1 Å². The molecule has 0 bridgehead atoms. The summed E-state index contributed by atoms with van der Waals surface area (Å²) >= 11 is 0. The molecule has 170 valence electrons. The first-order valence-corrected chi connectivity index (χ1v) is 11.5. The van der Waals surface area contributed by atoms with Gasteiger partial charge in [-0.3, -0.25) is 14.5 Å². The molecule has 7 heteroatoms. The van der Waals surface area contributed by atoms with Crippen LogP contribution in [0.2, 0.25) is 0 Å². The number of ether oxygens (including phenoxy) is 1. The van der Waals surface area contributed by atoms with E-state index in [2.05, 4.69) is 10.2 Å². The monoisotopic (exact) mass is 444 g/mol. The second-order valence-electron chi connectivity index (χ2n) is 8.71. The third-order valence-corrected chi connectivity index (χ3v) is 6.30. The van der Waals surface area contributed by atoms with Crippen LogP contribution in [0.1, 0.15) is 23.2 Å². The van der Waals surface area contributed by atoms with E-state index in [1.807, 2.05) is 59.5 Å². The maximum atomic E-state index is 13.6. The van der Waals surface area contributed by atoms with Gasteiger partial charge in [-0.2, -0.15) is 0 Å². The van der Waals surface area contributed by atoms with Gasteiger partial charge in [-0.1, -0.05) is 18.2 Å². The molecule has 7 nitrogen and oxygen atoms in total. The van der Waals surface area contributed by atoms with Gasteiger partial charge in [0.15, 0.2) is 0 Å². The largest absolute Gasteiger partial charge is 0.497 e. The topological polar surface area (TPSA) is 74.8 Å². The lowest BCUT2D eigenvalue weighted by molar-refractivity contribution is -0.122. The number of nitrogens with zero attached hydrogens (tertiary/aromatic N) is 3. The Balaban J connectivity index is 1.35. The molecular formula is C26H28N4O3. The normalized spacial score (nSPS) is 16.6. The fraction of sp³-hybridized carbons (Fsp3) is 0.346. The van der Waals surface area contributed by atoms with Crippen molar-refractivity contribution in [2.45, 2.75) is 18.9 Å². The Labute approximate surface area is 193 Å². The van der Waals surface area contributed by atoms with Crippen LogP contribution in [0.3, 0.4) is 0 Å². The molecule has 0 radical (unpaired) electrons. The van der Waals surface area contributed by atoms with Gasteiger partial charge in [-0.25, -0.2) is 4.98 Å². The summed E-state index contributed by atoms with van der Waals surface area (Å²) in [6.07, 6.45) is 2.18. The molecule has 0 atom stereocenters. The van der Waals surface area contributed by atoms with Gasteiger partial charge < -0.3 is 15.0 Å². The highest BCUT2D eigenvalue weighted by atomic mass is 16.5. The van der Waals surface area contributed by atoms with Crippen molar-refractivity contribution in [1.29, 1.82) is 0 Å². The molecule has 2 aromatic carbocycles. The van der Waals surface area contributed by atoms with Crippen molar-refractivity contribution >= 4 is 22.7 Å². The van der Waals surface area contributed by atoms with E-state index in [9.17, 15) is 9.59 Å². The number of methoxy groups -OCH3 is 1. The van der Waals surface area contributed by atoms with E-state index < -0.39 is 0 Å². The van der Waals surface area contributed by atoms with E-state index in [0.717, 1.165) is 40.8 Å². The summed E-state index contributed by atoms with van der Waals surface area (Å²) in [7, 11) is 1.64. The minimum Gasteiger partial charge on any atom is -0.497 e. The van der Waals surface area contributed by atoms with Crippen molar-refractivity contribution in [3.63, 3.8) is 0 Å². The number of fused-ring (bicyclic) bond motifs is 1. The summed E-state index contributed by atoms with van der Waals surface area (Å²) in [5.74, 6) is 0.867. The molecule has 1 aliphatic carbocycles. The molecule has 2 aliphatic rings. The molecule has 33 heavy (non-hydrogen) atoms. The number of pyridine rings is 1. The van der Waals surface area contributed by atoms with Crippen molar-refractivity contribution in [2.75, 3.05) is 39.8 Å². The highest BCUT2D eigenvalue weighted by Crippen LogP contribution is 2.27. The van der Waals surface area contributed by atoms with E-state index in [0.29, 0.717) is 44.3 Å². The molecule has 2 heterocycles. The number of piperazine rings is 1. The van der Waals surface area contributed by atoms with Gasteiger partial charge in [0, 0.05) is 43.2 Å². The second kappa shape index (κ2) is 9.19. The number of hydrogen-bond acceptors (Lipinski definition) is 5. The average Bonchev–Trinajstić information content (AvgIpc) is 3.67. The highest BCUT2D eigenvalue weighted by molar-refractivity contribution is 6.07. The molecule has 1 saturated carbocycles. The van der Waals surface area contributed by atoms with E-state index in [4.69, 9.17) is 9.72 Å². The predicted octanol–water partition coefficient (Wildman–Crippen LogP) is 2.95. The first kappa shape index (κ1) is 21.4. The van der Waals surface area contributed by atoms with Gasteiger partial charge in [0.1, 0.15) is 5.75 Å². The Bertz CT molecular complexity index is 1170. The number of hydrogen-bond donors (Lipinski definition) is 1. The molecule has 1 aliphatic heterocycles. The van der Waals surface area contributed by atoms with Crippen LogP contribution in [0.25, 0.3) is 22.2 Å². The van der Waals surface area contributed by atoms with E-state index in [-0.39, 0.29) is 11.8 Å². The number of para-hydroxylation sites is 1. The molecule has 2 fully saturated rings. The van der Waals surface area contributed by atoms with Gasteiger partial charge in [0.25, 0.3) is 5.91 Å². The van der Waals surface area contributed by atoms with Crippen LogP contribution in [-0.2, 0) is 4.79 Å². The molecule has 5 rings (SSSR count). The Hall–Kier alpha value is -3.45. The fourth-order valence-corrected chi connectivity index (χ4v) is 4.25. The summed E-state index contributed by atoms with van der Waals surface area (Å²) in [5, 5.41) is 3.89. The average molecular weight is 445 g/mol. The first-order valence-electron chi connectivity index (χ1n) is 11.5. The minimum atomic E-state index is 0.00504. The zero-order valence-electron chi connectivity index (χ0n) is 18.8. The molecule has 1 saturated heterocycles. The van der Waals surface area contributed by atoms with Crippen molar-refractivity contribution < 1.29 is 14.3 Å². The van der Waals surface area contributed by atoms with Crippen LogP contribution in [0.4, 0.5) is 0 Å². The summed E-state index contributed by atoms with van der Waals surface area (Å²) in [6, 6.07) is 17.7. The van der Waals surface area contributed by atoms with Crippen molar-refractivity contribution in [2.24, 2.45) is 0 Å². The van der Waals surface area contributed by atoms with Crippen LogP contribution in [0, 0.1) is 0 Å². The standard InChI is InChI=1S/C26H28N4O3/c1-33-20-10-6-18(7-11-20)24-16-22(21-4-2-3-5-23(21)28-24)26(32)30-14-12-29(13-15-30)17-25(31)27-19-8-9-19/h2-7,10-11,16,19H,8-9,12-15,17H2,1H3,(H,27,31). The van der Waals surface area contributed by atoms with Gasteiger partial charge in [-0.15, -0.1) is 0 Å². The van der Waals surface area contributed by atoms with Crippen LogP contribution in [0.5, 0.6) is 5.75 Å². The lowest BCUT2D eigenvalue weighted by Gasteiger charge is -2.34. The van der Waals surface area contributed by atoms with Crippen molar-refractivity contribution in [3.8, 4) is 17.0 Å². The van der Waals surface area contributed by atoms with Gasteiger partial charge in [0.2, 0.25) is 5.91 Å². The van der Waals surface area contributed by atoms with E-state index in [1.54, 1.807) is 7.11 Å². The van der Waals surface area contributed by atoms with E-state index in [1.165, 1.54) is 0 Å². The number of aromatic nitrogens is 1.